The van der Waals surface area contributed by atoms with Gasteiger partial charge in [0.25, 0.3) is 0 Å². The first kappa shape index (κ1) is 15.3. The van der Waals surface area contributed by atoms with Gasteiger partial charge in [-0.2, -0.15) is 0 Å². The van der Waals surface area contributed by atoms with Crippen molar-refractivity contribution in [3.63, 3.8) is 0 Å². The van der Waals surface area contributed by atoms with Gasteiger partial charge in [-0.1, -0.05) is 25.7 Å². The van der Waals surface area contributed by atoms with E-state index in [1.54, 1.807) is 12.3 Å². The number of hydrogen-bond acceptors (Lipinski definition) is 5. The summed E-state index contributed by atoms with van der Waals surface area (Å²) in [4.78, 5) is 4.26. The molecule has 1 heterocycles. The minimum absolute atomic E-state index is 0.178. The third kappa shape index (κ3) is 3.93. The van der Waals surface area contributed by atoms with Crippen LogP contribution in [0.1, 0.15) is 38.5 Å². The molecule has 0 unspecified atom stereocenters. The Balaban J connectivity index is 2.11. The van der Waals surface area contributed by atoms with Gasteiger partial charge in [0.1, 0.15) is 10.7 Å². The smallest absolute Gasteiger partial charge is 0.179 e. The number of sulfone groups is 1. The Labute approximate surface area is 120 Å². The fraction of sp³-hybridized carbons (Fsp3) is 0.643. The summed E-state index contributed by atoms with van der Waals surface area (Å²) < 4.78 is 23.4. The van der Waals surface area contributed by atoms with Crippen LogP contribution in [0.15, 0.2) is 23.2 Å². The van der Waals surface area contributed by atoms with Gasteiger partial charge in [-0.3, -0.25) is 0 Å². The van der Waals surface area contributed by atoms with Crippen LogP contribution in [0.4, 0.5) is 5.82 Å². The molecule has 1 saturated carbocycles. The van der Waals surface area contributed by atoms with E-state index in [0.29, 0.717) is 12.4 Å². The van der Waals surface area contributed by atoms with Crippen molar-refractivity contribution in [2.45, 2.75) is 49.0 Å². The van der Waals surface area contributed by atoms with E-state index in [0.717, 1.165) is 44.8 Å². The van der Waals surface area contributed by atoms with E-state index in [1.165, 1.54) is 6.07 Å². The van der Waals surface area contributed by atoms with Crippen molar-refractivity contribution in [1.82, 2.24) is 4.98 Å². The molecule has 0 atom stereocenters. The summed E-state index contributed by atoms with van der Waals surface area (Å²) in [5.41, 5.74) is -0.761. The lowest BCUT2D eigenvalue weighted by atomic mass is 9.94. The van der Waals surface area contributed by atoms with Gasteiger partial charge >= 0.3 is 0 Å². The number of rotatable bonds is 4. The zero-order valence-electron chi connectivity index (χ0n) is 11.8. The summed E-state index contributed by atoms with van der Waals surface area (Å²) >= 11 is 0. The molecule has 0 aliphatic heterocycles. The van der Waals surface area contributed by atoms with Crippen LogP contribution in [0.5, 0.6) is 0 Å². The normalized spacial score (nSPS) is 19.3. The second kappa shape index (κ2) is 6.10. The summed E-state index contributed by atoms with van der Waals surface area (Å²) in [6.07, 6.45) is 8.55. The quantitative estimate of drug-likeness (QED) is 0.831. The first-order chi connectivity index (χ1) is 9.41. The van der Waals surface area contributed by atoms with Gasteiger partial charge in [0.05, 0.1) is 5.60 Å². The Morgan fingerprint density at radius 3 is 2.55 bits per heavy atom. The van der Waals surface area contributed by atoms with Crippen molar-refractivity contribution in [3.05, 3.63) is 18.3 Å². The molecule has 2 rings (SSSR count). The first-order valence-electron chi connectivity index (χ1n) is 7.02. The predicted octanol–water partition coefficient (Wildman–Crippen LogP) is 1.98. The highest BCUT2D eigenvalue weighted by Crippen LogP contribution is 2.28. The number of anilines is 1. The molecule has 20 heavy (non-hydrogen) atoms. The topological polar surface area (TPSA) is 79.3 Å². The lowest BCUT2D eigenvalue weighted by molar-refractivity contribution is 0.0380. The van der Waals surface area contributed by atoms with E-state index < -0.39 is 15.4 Å². The fourth-order valence-corrected chi connectivity index (χ4v) is 3.44. The molecule has 6 heteroatoms. The van der Waals surface area contributed by atoms with Crippen LogP contribution < -0.4 is 5.32 Å². The molecule has 112 valence electrons. The molecule has 0 radical (unpaired) electrons. The Morgan fingerprint density at radius 1 is 1.30 bits per heavy atom. The molecule has 1 aromatic heterocycles. The van der Waals surface area contributed by atoms with E-state index in [4.69, 9.17) is 0 Å². The minimum Gasteiger partial charge on any atom is -0.388 e. The highest BCUT2D eigenvalue weighted by molar-refractivity contribution is 7.90. The summed E-state index contributed by atoms with van der Waals surface area (Å²) in [6.45, 7) is 0.340. The summed E-state index contributed by atoms with van der Waals surface area (Å²) in [7, 11) is -3.32. The molecule has 5 nitrogen and oxygen atoms in total. The Kier molecular flexibility index (Phi) is 4.65. The molecule has 0 amide bonds. The second-order valence-corrected chi connectivity index (χ2v) is 7.60. The van der Waals surface area contributed by atoms with Crippen molar-refractivity contribution in [2.24, 2.45) is 0 Å². The highest BCUT2D eigenvalue weighted by Gasteiger charge is 2.28. The van der Waals surface area contributed by atoms with Gasteiger partial charge in [0.2, 0.25) is 0 Å². The van der Waals surface area contributed by atoms with Gasteiger partial charge in [0, 0.05) is 19.0 Å². The maximum absolute atomic E-state index is 11.7. The van der Waals surface area contributed by atoms with Crippen molar-refractivity contribution in [1.29, 1.82) is 0 Å². The van der Waals surface area contributed by atoms with E-state index in [1.807, 2.05) is 0 Å². The molecular weight excluding hydrogens is 276 g/mol. The number of nitrogens with one attached hydrogen (secondary N) is 1. The zero-order valence-corrected chi connectivity index (χ0v) is 12.6. The third-order valence-corrected chi connectivity index (χ3v) is 4.92. The van der Waals surface area contributed by atoms with Gasteiger partial charge in [0.15, 0.2) is 9.84 Å². The Morgan fingerprint density at radius 2 is 1.95 bits per heavy atom. The molecule has 1 aromatic rings. The maximum Gasteiger partial charge on any atom is 0.179 e. The van der Waals surface area contributed by atoms with Crippen LogP contribution in [-0.2, 0) is 9.84 Å². The molecule has 1 fully saturated rings. The fourth-order valence-electron chi connectivity index (χ4n) is 2.63. The molecule has 0 bridgehead atoms. The van der Waals surface area contributed by atoms with Crippen LogP contribution in [-0.4, -0.2) is 36.9 Å². The number of hydrogen-bond donors (Lipinski definition) is 2. The van der Waals surface area contributed by atoms with Gasteiger partial charge in [-0.15, -0.1) is 0 Å². The SMILES string of the molecule is CS(=O)(=O)c1cccnc1NCC1(O)CCCCCC1. The second-order valence-electron chi connectivity index (χ2n) is 5.61. The molecule has 0 spiro atoms. The van der Waals surface area contributed by atoms with E-state index >= 15 is 0 Å². The number of nitrogens with zero attached hydrogens (tertiary/aromatic N) is 1. The Bertz CT molecular complexity index is 549. The third-order valence-electron chi connectivity index (χ3n) is 3.79. The van der Waals surface area contributed by atoms with Crippen LogP contribution in [0.25, 0.3) is 0 Å². The van der Waals surface area contributed by atoms with Crippen molar-refractivity contribution >= 4 is 15.7 Å². The first-order valence-corrected chi connectivity index (χ1v) is 8.91. The van der Waals surface area contributed by atoms with Gasteiger partial charge in [-0.25, -0.2) is 13.4 Å². The number of aromatic nitrogens is 1. The monoisotopic (exact) mass is 298 g/mol. The average Bonchev–Trinajstić information content (AvgIpc) is 2.61. The van der Waals surface area contributed by atoms with E-state index in [9.17, 15) is 13.5 Å². The average molecular weight is 298 g/mol. The summed E-state index contributed by atoms with van der Waals surface area (Å²) in [5, 5.41) is 13.6. The number of pyridine rings is 1. The summed E-state index contributed by atoms with van der Waals surface area (Å²) in [5.74, 6) is 0.327. The minimum atomic E-state index is -3.32. The predicted molar refractivity (Wildman–Crippen MR) is 78.5 cm³/mol. The largest absolute Gasteiger partial charge is 0.388 e. The lowest BCUT2D eigenvalue weighted by Crippen LogP contribution is -2.36. The summed E-state index contributed by atoms with van der Waals surface area (Å²) in [6, 6.07) is 3.13. The van der Waals surface area contributed by atoms with E-state index in [2.05, 4.69) is 10.3 Å². The molecule has 0 aromatic carbocycles. The van der Waals surface area contributed by atoms with Gasteiger partial charge < -0.3 is 10.4 Å². The highest BCUT2D eigenvalue weighted by atomic mass is 32.2. The molecule has 1 aliphatic carbocycles. The Hall–Kier alpha value is -1.14. The molecule has 1 aliphatic rings. The zero-order chi connectivity index (χ0) is 14.6. The van der Waals surface area contributed by atoms with Crippen LogP contribution in [0, 0.1) is 0 Å². The van der Waals surface area contributed by atoms with Crippen molar-refractivity contribution < 1.29 is 13.5 Å². The standard InChI is InChI=1S/C14H22N2O3S/c1-20(18,19)12-7-6-10-15-13(12)16-11-14(17)8-4-2-3-5-9-14/h6-7,10,17H,2-5,8-9,11H2,1H3,(H,15,16). The molecular formula is C14H22N2O3S. The van der Waals surface area contributed by atoms with Crippen LogP contribution >= 0.6 is 0 Å². The van der Waals surface area contributed by atoms with Crippen molar-refractivity contribution in [2.75, 3.05) is 18.1 Å². The lowest BCUT2D eigenvalue weighted by Gasteiger charge is -2.27. The van der Waals surface area contributed by atoms with Crippen LogP contribution in [0.2, 0.25) is 0 Å². The van der Waals surface area contributed by atoms with Crippen LogP contribution in [0.3, 0.4) is 0 Å². The van der Waals surface area contributed by atoms with E-state index in [-0.39, 0.29) is 4.90 Å². The van der Waals surface area contributed by atoms with Crippen molar-refractivity contribution in [3.8, 4) is 0 Å². The maximum atomic E-state index is 11.7. The number of aliphatic hydroxyl groups is 1. The molecule has 0 saturated heterocycles. The van der Waals surface area contributed by atoms with Gasteiger partial charge in [-0.05, 0) is 25.0 Å². The molecule has 2 N–H and O–H groups in total.